The van der Waals surface area contributed by atoms with Crippen LogP contribution in [0.25, 0.3) is 39.0 Å². The number of carbonyl (C=O) groups excluding carboxylic acids is 1. The Bertz CT molecular complexity index is 1850. The van der Waals surface area contributed by atoms with E-state index < -0.39 is 3.68 Å². The number of amides is 1. The van der Waals surface area contributed by atoms with E-state index >= 15 is 0 Å². The minimum atomic E-state index is -1.43. The third-order valence-electron chi connectivity index (χ3n) is 6.88. The Hall–Kier alpha value is -4.31. The molecule has 3 heterocycles. The summed E-state index contributed by atoms with van der Waals surface area (Å²) in [6.45, 7) is 3.53. The van der Waals surface area contributed by atoms with E-state index in [0.29, 0.717) is 16.8 Å². The number of hydrogen-bond donors (Lipinski definition) is 2. The average molecular weight is 641 g/mol. The molecular weight excluding hydrogens is 616 g/mol. The van der Waals surface area contributed by atoms with Crippen LogP contribution in [-0.2, 0) is 3.68 Å². The van der Waals surface area contributed by atoms with Gasteiger partial charge in [-0.1, -0.05) is 42.5 Å². The number of aromatic amines is 1. The molecule has 3 aromatic heterocycles. The number of aryl methyl sites for hydroxylation is 1. The molecule has 1 unspecified atom stereocenters. The van der Waals surface area contributed by atoms with E-state index in [-0.39, 0.29) is 5.91 Å². The average Bonchev–Trinajstić information content (AvgIpc) is 3.63. The number of H-pyrrole nitrogens is 1. The van der Waals surface area contributed by atoms with Crippen LogP contribution < -0.4 is 5.32 Å². The Morgan fingerprint density at radius 2 is 1.77 bits per heavy atom. The number of aromatic nitrogens is 4. The topological polar surface area (TPSA) is 75.6 Å². The first kappa shape index (κ1) is 25.9. The number of fused-ring (bicyclic) bond motifs is 1. The molecular formula is C32H25FIN5O. The number of benzene rings is 3. The summed E-state index contributed by atoms with van der Waals surface area (Å²) in [6, 6.07) is 24.5. The lowest BCUT2D eigenvalue weighted by Crippen LogP contribution is -2.12. The number of anilines is 1. The van der Waals surface area contributed by atoms with E-state index in [2.05, 4.69) is 26.4 Å². The molecule has 2 N–H and O–H groups in total. The zero-order chi connectivity index (χ0) is 27.9. The van der Waals surface area contributed by atoms with E-state index in [1.807, 2.05) is 91.0 Å². The van der Waals surface area contributed by atoms with Gasteiger partial charge < -0.3 is 10.3 Å². The van der Waals surface area contributed by atoms with Crippen molar-refractivity contribution in [2.75, 3.05) is 5.32 Å². The minimum absolute atomic E-state index is 0.219. The van der Waals surface area contributed by atoms with E-state index in [9.17, 15) is 9.18 Å². The van der Waals surface area contributed by atoms with Crippen LogP contribution >= 0.6 is 22.6 Å². The van der Waals surface area contributed by atoms with Crippen molar-refractivity contribution in [3.8, 4) is 27.9 Å². The summed E-state index contributed by atoms with van der Waals surface area (Å²) in [4.78, 5) is 20.8. The molecule has 0 aliphatic rings. The highest BCUT2D eigenvalue weighted by Gasteiger charge is 2.20. The van der Waals surface area contributed by atoms with Crippen LogP contribution in [0.15, 0.2) is 104 Å². The standard InChI is InChI=1S/C32H25FIN5O/c1-20-6-11-28(16-29(20)39-19-26(18-37-39)25-15-23-12-13-35-30(23)36-17-25)38-31(40)24-5-3-4-22(14-24)21-7-9-27(10-8-21)32(2,33)34/h3-19H,1-2H3,(H,35,36)(H,38,40). The SMILES string of the molecule is Cc1ccc(NC(=O)c2cccc(-c3ccc(C(C)(F)I)cc3)c2)cc1-n1cc(-c2cnc3[nH]ccc3c2)cn1. The number of rotatable bonds is 6. The Labute approximate surface area is 244 Å². The smallest absolute Gasteiger partial charge is 0.255 e. The van der Waals surface area contributed by atoms with E-state index in [1.165, 1.54) is 6.92 Å². The normalized spacial score (nSPS) is 12.8. The third-order valence-corrected chi connectivity index (χ3v) is 7.50. The molecule has 0 radical (unpaired) electrons. The van der Waals surface area contributed by atoms with E-state index in [0.717, 1.165) is 44.5 Å². The Morgan fingerprint density at radius 1 is 0.950 bits per heavy atom. The highest BCUT2D eigenvalue weighted by molar-refractivity contribution is 14.1. The van der Waals surface area contributed by atoms with Crippen molar-refractivity contribution < 1.29 is 9.18 Å². The number of nitrogens with zero attached hydrogens (tertiary/aromatic N) is 3. The summed E-state index contributed by atoms with van der Waals surface area (Å²) in [7, 11) is 0. The van der Waals surface area contributed by atoms with Crippen LogP contribution in [0.3, 0.4) is 0 Å². The maximum Gasteiger partial charge on any atom is 0.255 e. The van der Waals surface area contributed by atoms with Gasteiger partial charge in [0.15, 0.2) is 3.68 Å². The molecule has 0 spiro atoms. The zero-order valence-corrected chi connectivity index (χ0v) is 24.0. The molecule has 6 rings (SSSR count). The second-order valence-corrected chi connectivity index (χ2v) is 11.8. The molecule has 0 saturated carbocycles. The largest absolute Gasteiger partial charge is 0.346 e. The van der Waals surface area contributed by atoms with Gasteiger partial charge in [0.25, 0.3) is 5.91 Å². The second-order valence-electron chi connectivity index (χ2n) is 9.81. The van der Waals surface area contributed by atoms with Crippen LogP contribution in [0.4, 0.5) is 10.1 Å². The van der Waals surface area contributed by atoms with E-state index in [4.69, 9.17) is 0 Å². The molecule has 1 atom stereocenters. The van der Waals surface area contributed by atoms with Gasteiger partial charge in [-0.2, -0.15) is 5.10 Å². The van der Waals surface area contributed by atoms with Crippen molar-refractivity contribution in [1.29, 1.82) is 0 Å². The van der Waals surface area contributed by atoms with Gasteiger partial charge in [0.1, 0.15) is 5.65 Å². The zero-order valence-electron chi connectivity index (χ0n) is 21.8. The predicted octanol–water partition coefficient (Wildman–Crippen LogP) is 8.22. The van der Waals surface area contributed by atoms with Gasteiger partial charge >= 0.3 is 0 Å². The summed E-state index contributed by atoms with van der Waals surface area (Å²) >= 11 is 1.78. The molecule has 3 aromatic carbocycles. The summed E-state index contributed by atoms with van der Waals surface area (Å²) in [5.74, 6) is -0.219. The molecule has 0 aliphatic carbocycles. The lowest BCUT2D eigenvalue weighted by atomic mass is 10.0. The first-order valence-corrected chi connectivity index (χ1v) is 13.8. The van der Waals surface area contributed by atoms with Crippen LogP contribution in [0.1, 0.15) is 28.4 Å². The fourth-order valence-electron chi connectivity index (χ4n) is 4.63. The highest BCUT2D eigenvalue weighted by Crippen LogP contribution is 2.34. The third kappa shape index (κ3) is 5.27. The van der Waals surface area contributed by atoms with Crippen LogP contribution in [-0.4, -0.2) is 25.7 Å². The van der Waals surface area contributed by atoms with Crippen molar-refractivity contribution in [2.24, 2.45) is 0 Å². The molecule has 198 valence electrons. The van der Waals surface area contributed by atoms with Crippen LogP contribution in [0.2, 0.25) is 0 Å². The Balaban J connectivity index is 1.22. The van der Waals surface area contributed by atoms with Gasteiger partial charge in [-0.25, -0.2) is 14.1 Å². The summed E-state index contributed by atoms with van der Waals surface area (Å²) in [5.41, 5.74) is 8.25. The van der Waals surface area contributed by atoms with Crippen LogP contribution in [0.5, 0.6) is 0 Å². The fourth-order valence-corrected chi connectivity index (χ4v) is 4.99. The predicted molar refractivity (Wildman–Crippen MR) is 166 cm³/mol. The number of alkyl halides is 2. The number of pyridine rings is 1. The Morgan fingerprint density at radius 3 is 2.58 bits per heavy atom. The highest BCUT2D eigenvalue weighted by atomic mass is 127. The van der Waals surface area contributed by atoms with Crippen molar-refractivity contribution in [1.82, 2.24) is 19.7 Å². The molecule has 0 saturated heterocycles. The summed E-state index contributed by atoms with van der Waals surface area (Å²) in [6.07, 6.45) is 7.47. The summed E-state index contributed by atoms with van der Waals surface area (Å²) in [5, 5.41) is 8.63. The summed E-state index contributed by atoms with van der Waals surface area (Å²) < 4.78 is 14.6. The molecule has 0 fully saturated rings. The lowest BCUT2D eigenvalue weighted by Gasteiger charge is -2.13. The van der Waals surface area contributed by atoms with Crippen LogP contribution in [0, 0.1) is 6.92 Å². The minimum Gasteiger partial charge on any atom is -0.346 e. The van der Waals surface area contributed by atoms with E-state index in [1.54, 1.807) is 40.8 Å². The lowest BCUT2D eigenvalue weighted by molar-refractivity contribution is 0.102. The number of hydrogen-bond acceptors (Lipinski definition) is 3. The molecule has 1 amide bonds. The molecule has 8 heteroatoms. The van der Waals surface area contributed by atoms with Gasteiger partial charge in [0.05, 0.1) is 11.9 Å². The van der Waals surface area contributed by atoms with Gasteiger partial charge in [0, 0.05) is 46.4 Å². The van der Waals surface area contributed by atoms with Gasteiger partial charge in [-0.15, -0.1) is 0 Å². The molecule has 6 nitrogen and oxygen atoms in total. The van der Waals surface area contributed by atoms with Crippen molar-refractivity contribution >= 4 is 45.2 Å². The quantitative estimate of drug-likeness (QED) is 0.142. The first-order valence-electron chi connectivity index (χ1n) is 12.7. The second kappa shape index (κ2) is 10.3. The number of nitrogens with one attached hydrogen (secondary N) is 2. The van der Waals surface area contributed by atoms with Gasteiger partial charge in [-0.3, -0.25) is 4.79 Å². The monoisotopic (exact) mass is 641 g/mol. The van der Waals surface area contributed by atoms with Crippen molar-refractivity contribution in [3.05, 3.63) is 120 Å². The molecule has 0 bridgehead atoms. The maximum absolute atomic E-state index is 14.2. The molecule has 0 aliphatic heterocycles. The maximum atomic E-state index is 14.2. The van der Waals surface area contributed by atoms with Gasteiger partial charge in [0.2, 0.25) is 0 Å². The van der Waals surface area contributed by atoms with Gasteiger partial charge in [-0.05, 0) is 95.1 Å². The van der Waals surface area contributed by atoms with Crippen molar-refractivity contribution in [3.63, 3.8) is 0 Å². The fraction of sp³-hybridized carbons (Fsp3) is 0.0938. The number of halogens is 2. The first-order chi connectivity index (χ1) is 19.2. The molecule has 40 heavy (non-hydrogen) atoms. The molecule has 6 aromatic rings. The number of carbonyl (C=O) groups is 1. The van der Waals surface area contributed by atoms with Crippen molar-refractivity contribution in [2.45, 2.75) is 17.5 Å². The Kier molecular flexibility index (Phi) is 6.71.